The van der Waals surface area contributed by atoms with Crippen LogP contribution in [0.2, 0.25) is 0 Å². The Bertz CT molecular complexity index is 337. The predicted molar refractivity (Wildman–Crippen MR) is 67.5 cm³/mol. The van der Waals surface area contributed by atoms with Crippen LogP contribution < -0.4 is 10.5 Å². The number of nitrogens with two attached hydrogens (primary N) is 1. The summed E-state index contributed by atoms with van der Waals surface area (Å²) in [6.07, 6.45) is 0.882. The molecule has 3 heteroatoms. The lowest BCUT2D eigenvalue weighted by Crippen LogP contribution is -2.04. The topological polar surface area (TPSA) is 35.2 Å². The standard InChI is InChI=1S/C12H18BrNO/c1-8(2)12-10(13)6-9(4-5-14)7-11(12)15-3/h6-8H,4-5,14H2,1-3H3. The number of hydrogen-bond acceptors (Lipinski definition) is 2. The van der Waals surface area contributed by atoms with E-state index in [1.165, 1.54) is 11.1 Å². The summed E-state index contributed by atoms with van der Waals surface area (Å²) in [6, 6.07) is 4.21. The fourth-order valence-electron chi connectivity index (χ4n) is 1.69. The minimum Gasteiger partial charge on any atom is -0.496 e. The molecule has 0 saturated carbocycles. The van der Waals surface area contributed by atoms with Crippen molar-refractivity contribution in [1.29, 1.82) is 0 Å². The molecule has 2 N–H and O–H groups in total. The van der Waals surface area contributed by atoms with Gasteiger partial charge >= 0.3 is 0 Å². The first-order valence-electron chi connectivity index (χ1n) is 5.16. The van der Waals surface area contributed by atoms with Gasteiger partial charge in [0, 0.05) is 10.0 Å². The van der Waals surface area contributed by atoms with Crippen LogP contribution in [0.25, 0.3) is 0 Å². The van der Waals surface area contributed by atoms with E-state index in [9.17, 15) is 0 Å². The third-order valence-corrected chi connectivity index (χ3v) is 3.04. The number of hydrogen-bond donors (Lipinski definition) is 1. The highest BCUT2D eigenvalue weighted by molar-refractivity contribution is 9.10. The van der Waals surface area contributed by atoms with Gasteiger partial charge in [0.1, 0.15) is 5.75 Å². The summed E-state index contributed by atoms with van der Waals surface area (Å²) in [4.78, 5) is 0. The highest BCUT2D eigenvalue weighted by atomic mass is 79.9. The van der Waals surface area contributed by atoms with Crippen molar-refractivity contribution in [2.45, 2.75) is 26.2 Å². The number of rotatable bonds is 4. The molecule has 0 bridgehead atoms. The normalized spacial score (nSPS) is 10.8. The predicted octanol–water partition coefficient (Wildman–Crippen LogP) is 3.08. The Morgan fingerprint density at radius 3 is 2.53 bits per heavy atom. The third-order valence-electron chi connectivity index (χ3n) is 2.38. The van der Waals surface area contributed by atoms with Gasteiger partial charge in [-0.25, -0.2) is 0 Å². The van der Waals surface area contributed by atoms with Crippen LogP contribution in [0.3, 0.4) is 0 Å². The first-order chi connectivity index (χ1) is 7.10. The first-order valence-corrected chi connectivity index (χ1v) is 5.95. The molecule has 0 aliphatic rings. The Labute approximate surface area is 99.9 Å². The maximum Gasteiger partial charge on any atom is 0.123 e. The maximum absolute atomic E-state index is 5.54. The minimum absolute atomic E-state index is 0.446. The molecule has 0 atom stereocenters. The van der Waals surface area contributed by atoms with Crippen LogP contribution in [0.4, 0.5) is 0 Å². The summed E-state index contributed by atoms with van der Waals surface area (Å²) < 4.78 is 6.52. The lowest BCUT2D eigenvalue weighted by Gasteiger charge is -2.15. The summed E-state index contributed by atoms with van der Waals surface area (Å²) in [5.41, 5.74) is 7.98. The summed E-state index contributed by atoms with van der Waals surface area (Å²) in [5.74, 6) is 1.39. The average Bonchev–Trinajstić information content (AvgIpc) is 2.16. The molecule has 0 radical (unpaired) electrons. The van der Waals surface area contributed by atoms with Gasteiger partial charge in [-0.05, 0) is 36.6 Å². The van der Waals surface area contributed by atoms with Crippen molar-refractivity contribution < 1.29 is 4.74 Å². The molecule has 0 heterocycles. The van der Waals surface area contributed by atoms with Gasteiger partial charge in [0.05, 0.1) is 7.11 Å². The van der Waals surface area contributed by atoms with E-state index < -0.39 is 0 Å². The minimum atomic E-state index is 0.446. The summed E-state index contributed by atoms with van der Waals surface area (Å²) >= 11 is 3.59. The zero-order chi connectivity index (χ0) is 11.4. The first kappa shape index (κ1) is 12.5. The fourth-order valence-corrected chi connectivity index (χ4v) is 2.63. The van der Waals surface area contributed by atoms with E-state index in [2.05, 4.69) is 41.9 Å². The van der Waals surface area contributed by atoms with E-state index in [1.54, 1.807) is 7.11 Å². The van der Waals surface area contributed by atoms with Gasteiger partial charge < -0.3 is 10.5 Å². The van der Waals surface area contributed by atoms with E-state index in [0.717, 1.165) is 16.6 Å². The Hall–Kier alpha value is -0.540. The van der Waals surface area contributed by atoms with Crippen molar-refractivity contribution in [2.24, 2.45) is 5.73 Å². The van der Waals surface area contributed by atoms with Crippen LogP contribution in [0, 0.1) is 0 Å². The van der Waals surface area contributed by atoms with Crippen LogP contribution in [0.1, 0.15) is 30.9 Å². The van der Waals surface area contributed by atoms with Gasteiger partial charge in [-0.15, -0.1) is 0 Å². The van der Waals surface area contributed by atoms with Gasteiger partial charge in [0.2, 0.25) is 0 Å². The second-order valence-electron chi connectivity index (χ2n) is 3.89. The van der Waals surface area contributed by atoms with Crippen molar-refractivity contribution >= 4 is 15.9 Å². The molecule has 0 spiro atoms. The van der Waals surface area contributed by atoms with Crippen molar-refractivity contribution in [3.63, 3.8) is 0 Å². The van der Waals surface area contributed by atoms with Crippen LogP contribution in [0.15, 0.2) is 16.6 Å². The fraction of sp³-hybridized carbons (Fsp3) is 0.500. The molecule has 0 aliphatic heterocycles. The largest absolute Gasteiger partial charge is 0.496 e. The van der Waals surface area contributed by atoms with E-state index >= 15 is 0 Å². The molecule has 0 unspecified atom stereocenters. The van der Waals surface area contributed by atoms with Gasteiger partial charge in [-0.1, -0.05) is 29.8 Å². The Balaban J connectivity index is 3.18. The monoisotopic (exact) mass is 271 g/mol. The van der Waals surface area contributed by atoms with Crippen molar-refractivity contribution in [3.05, 3.63) is 27.7 Å². The lowest BCUT2D eigenvalue weighted by atomic mass is 9.99. The zero-order valence-electron chi connectivity index (χ0n) is 9.51. The summed E-state index contributed by atoms with van der Waals surface area (Å²) in [5, 5.41) is 0. The van der Waals surface area contributed by atoms with Crippen molar-refractivity contribution in [3.8, 4) is 5.75 Å². The second kappa shape index (κ2) is 5.52. The maximum atomic E-state index is 5.54. The molecule has 0 fully saturated rings. The quantitative estimate of drug-likeness (QED) is 0.914. The van der Waals surface area contributed by atoms with E-state index in [0.29, 0.717) is 12.5 Å². The van der Waals surface area contributed by atoms with Crippen LogP contribution >= 0.6 is 15.9 Å². The van der Waals surface area contributed by atoms with Crippen LogP contribution in [0.5, 0.6) is 5.75 Å². The molecule has 0 aromatic heterocycles. The van der Waals surface area contributed by atoms with Crippen molar-refractivity contribution in [2.75, 3.05) is 13.7 Å². The number of halogens is 1. The molecule has 1 rings (SSSR count). The molecule has 1 aromatic rings. The van der Waals surface area contributed by atoms with Gasteiger partial charge in [0.15, 0.2) is 0 Å². The second-order valence-corrected chi connectivity index (χ2v) is 4.74. The molecule has 0 amide bonds. The SMILES string of the molecule is COc1cc(CCN)cc(Br)c1C(C)C. The van der Waals surface area contributed by atoms with Crippen molar-refractivity contribution in [1.82, 2.24) is 0 Å². The van der Waals surface area contributed by atoms with Gasteiger partial charge in [-0.3, -0.25) is 0 Å². The summed E-state index contributed by atoms with van der Waals surface area (Å²) in [6.45, 7) is 4.98. The summed E-state index contributed by atoms with van der Waals surface area (Å²) in [7, 11) is 1.71. The van der Waals surface area contributed by atoms with E-state index in [-0.39, 0.29) is 0 Å². The molecule has 0 saturated heterocycles. The number of ether oxygens (including phenoxy) is 1. The number of benzene rings is 1. The Kier molecular flexibility index (Phi) is 4.61. The van der Waals surface area contributed by atoms with E-state index in [4.69, 9.17) is 10.5 Å². The zero-order valence-corrected chi connectivity index (χ0v) is 11.1. The molecule has 1 aromatic carbocycles. The highest BCUT2D eigenvalue weighted by Crippen LogP contribution is 2.34. The van der Waals surface area contributed by atoms with Gasteiger partial charge in [0.25, 0.3) is 0 Å². The number of methoxy groups -OCH3 is 1. The smallest absolute Gasteiger partial charge is 0.123 e. The van der Waals surface area contributed by atoms with Crippen LogP contribution in [-0.4, -0.2) is 13.7 Å². The average molecular weight is 272 g/mol. The lowest BCUT2D eigenvalue weighted by molar-refractivity contribution is 0.406. The Morgan fingerprint density at radius 2 is 2.07 bits per heavy atom. The molecule has 84 valence electrons. The van der Waals surface area contributed by atoms with Gasteiger partial charge in [-0.2, -0.15) is 0 Å². The third kappa shape index (κ3) is 2.95. The molecular formula is C12H18BrNO. The van der Waals surface area contributed by atoms with Crippen LogP contribution in [-0.2, 0) is 6.42 Å². The Morgan fingerprint density at radius 1 is 1.40 bits per heavy atom. The molecular weight excluding hydrogens is 254 g/mol. The molecule has 2 nitrogen and oxygen atoms in total. The van der Waals surface area contributed by atoms with E-state index in [1.807, 2.05) is 0 Å². The molecule has 0 aliphatic carbocycles. The molecule has 15 heavy (non-hydrogen) atoms. The highest BCUT2D eigenvalue weighted by Gasteiger charge is 2.12.